The third kappa shape index (κ3) is 4.05. The molecule has 4 heteroatoms. The number of hydrogen-bond donors (Lipinski definition) is 0. The Morgan fingerprint density at radius 3 is 2.32 bits per heavy atom. The second kappa shape index (κ2) is 6.18. The van der Waals surface area contributed by atoms with Gasteiger partial charge in [0.2, 0.25) is 0 Å². The van der Waals surface area contributed by atoms with Crippen molar-refractivity contribution in [1.29, 1.82) is 0 Å². The molecule has 0 aliphatic heterocycles. The fraction of sp³-hybridized carbons (Fsp3) is 0.133. The summed E-state index contributed by atoms with van der Waals surface area (Å²) in [6, 6.07) is 11.0. The maximum Gasteiger partial charge on any atom is 0.163 e. The Hall–Kier alpha value is -1.38. The second-order valence-electron chi connectivity index (χ2n) is 4.21. The van der Waals surface area contributed by atoms with Gasteiger partial charge in [0.15, 0.2) is 5.78 Å². The molecule has 0 bridgehead atoms. The monoisotopic (exact) mass is 296 g/mol. The first-order valence-corrected chi connectivity index (χ1v) is 6.54. The van der Waals surface area contributed by atoms with Gasteiger partial charge in [0.25, 0.3) is 0 Å². The molecule has 0 radical (unpaired) electrons. The van der Waals surface area contributed by atoms with E-state index in [0.717, 1.165) is 0 Å². The lowest BCUT2D eigenvalue weighted by molar-refractivity contribution is 0.0983. The molecule has 0 N–H and O–H groups in total. The first kappa shape index (κ1) is 14.0. The van der Waals surface area contributed by atoms with Gasteiger partial charge in [-0.25, -0.2) is 4.39 Å². The number of carbonyl (C=O) groups is 1. The lowest BCUT2D eigenvalue weighted by Gasteiger charge is -2.03. The minimum Gasteiger partial charge on any atom is -0.294 e. The van der Waals surface area contributed by atoms with Crippen molar-refractivity contribution in [2.45, 2.75) is 12.8 Å². The fourth-order valence-corrected chi connectivity index (χ4v) is 2.16. The maximum atomic E-state index is 13.1. The Balaban J connectivity index is 2.02. The molecule has 0 fully saturated rings. The van der Waals surface area contributed by atoms with Crippen molar-refractivity contribution in [2.75, 3.05) is 0 Å². The largest absolute Gasteiger partial charge is 0.294 e. The van der Waals surface area contributed by atoms with Crippen LogP contribution in [0.2, 0.25) is 10.0 Å². The molecular weight excluding hydrogens is 286 g/mol. The molecule has 2 rings (SSSR count). The zero-order chi connectivity index (χ0) is 13.8. The van der Waals surface area contributed by atoms with Crippen molar-refractivity contribution < 1.29 is 9.18 Å². The molecule has 0 saturated carbocycles. The van der Waals surface area contributed by atoms with E-state index >= 15 is 0 Å². The number of ketones is 1. The number of halogens is 3. The van der Waals surface area contributed by atoms with Gasteiger partial charge in [0, 0.05) is 22.0 Å². The summed E-state index contributed by atoms with van der Waals surface area (Å²) in [4.78, 5) is 11.9. The summed E-state index contributed by atoms with van der Waals surface area (Å²) in [5.74, 6) is -0.390. The van der Waals surface area contributed by atoms with Crippen LogP contribution >= 0.6 is 23.2 Å². The molecular formula is C15H11Cl2FO. The maximum absolute atomic E-state index is 13.1. The van der Waals surface area contributed by atoms with Crippen LogP contribution in [0.4, 0.5) is 4.39 Å². The Bertz CT molecular complexity index is 573. The molecule has 0 saturated heterocycles. The van der Waals surface area contributed by atoms with E-state index < -0.39 is 0 Å². The lowest BCUT2D eigenvalue weighted by atomic mass is 10.0. The van der Waals surface area contributed by atoms with Crippen LogP contribution in [0, 0.1) is 5.82 Å². The van der Waals surface area contributed by atoms with Crippen molar-refractivity contribution in [3.8, 4) is 0 Å². The Morgan fingerprint density at radius 1 is 1.00 bits per heavy atom. The van der Waals surface area contributed by atoms with Crippen molar-refractivity contribution in [3.05, 3.63) is 69.5 Å². The van der Waals surface area contributed by atoms with Crippen LogP contribution in [0.3, 0.4) is 0 Å². The quantitative estimate of drug-likeness (QED) is 0.730. The van der Waals surface area contributed by atoms with Crippen molar-refractivity contribution >= 4 is 29.0 Å². The van der Waals surface area contributed by atoms with E-state index in [1.54, 1.807) is 30.3 Å². The summed E-state index contributed by atoms with van der Waals surface area (Å²) in [6.07, 6.45) is 0.764. The highest BCUT2D eigenvalue weighted by Crippen LogP contribution is 2.17. The molecule has 1 nitrogen and oxygen atoms in total. The van der Waals surface area contributed by atoms with Crippen LogP contribution in [0.25, 0.3) is 0 Å². The number of Topliss-reactive ketones (excluding diaryl/α,β-unsaturated/α-hetero) is 1. The van der Waals surface area contributed by atoms with Gasteiger partial charge in [-0.05, 0) is 54.4 Å². The smallest absolute Gasteiger partial charge is 0.163 e. The van der Waals surface area contributed by atoms with E-state index in [4.69, 9.17) is 23.2 Å². The van der Waals surface area contributed by atoms with Crippen LogP contribution in [-0.4, -0.2) is 5.78 Å². The van der Waals surface area contributed by atoms with Gasteiger partial charge in [-0.1, -0.05) is 23.2 Å². The van der Waals surface area contributed by atoms with E-state index in [1.807, 2.05) is 0 Å². The van der Waals surface area contributed by atoms with Crippen LogP contribution in [0.15, 0.2) is 42.5 Å². The van der Waals surface area contributed by atoms with Crippen LogP contribution in [0.5, 0.6) is 0 Å². The summed E-state index contributed by atoms with van der Waals surface area (Å²) >= 11 is 11.5. The number of benzene rings is 2. The minimum atomic E-state index is -0.388. The molecule has 0 aromatic heterocycles. The Kier molecular flexibility index (Phi) is 4.56. The normalized spacial score (nSPS) is 10.5. The molecule has 0 spiro atoms. The Morgan fingerprint density at radius 2 is 1.68 bits per heavy atom. The van der Waals surface area contributed by atoms with Gasteiger partial charge in [0.1, 0.15) is 5.82 Å². The van der Waals surface area contributed by atoms with Crippen molar-refractivity contribution in [3.63, 3.8) is 0 Å². The molecule has 2 aromatic carbocycles. The van der Waals surface area contributed by atoms with E-state index in [0.29, 0.717) is 34.0 Å². The highest BCUT2D eigenvalue weighted by atomic mass is 35.5. The van der Waals surface area contributed by atoms with Crippen molar-refractivity contribution in [2.24, 2.45) is 0 Å². The predicted molar refractivity (Wildman–Crippen MR) is 75.5 cm³/mol. The van der Waals surface area contributed by atoms with Crippen LogP contribution in [-0.2, 0) is 6.42 Å². The lowest BCUT2D eigenvalue weighted by Crippen LogP contribution is -2.01. The van der Waals surface area contributed by atoms with Crippen molar-refractivity contribution in [1.82, 2.24) is 0 Å². The summed E-state index contributed by atoms with van der Waals surface area (Å²) < 4.78 is 13.1. The molecule has 98 valence electrons. The summed E-state index contributed by atoms with van der Waals surface area (Å²) in [7, 11) is 0. The summed E-state index contributed by atoms with van der Waals surface area (Å²) in [5, 5.41) is 0.933. The van der Waals surface area contributed by atoms with E-state index in [9.17, 15) is 9.18 Å². The molecule has 2 aromatic rings. The predicted octanol–water partition coefficient (Wildman–Crippen LogP) is 4.95. The van der Waals surface area contributed by atoms with E-state index in [2.05, 4.69) is 0 Å². The van der Waals surface area contributed by atoms with E-state index in [-0.39, 0.29) is 11.6 Å². The van der Waals surface area contributed by atoms with Crippen LogP contribution in [0.1, 0.15) is 22.3 Å². The average molecular weight is 297 g/mol. The standard InChI is InChI=1S/C15H11Cl2FO/c16-12-4-2-11(3-5-12)15(19)6-1-10-7-13(17)9-14(18)8-10/h2-5,7-9H,1,6H2. The van der Waals surface area contributed by atoms with Gasteiger partial charge in [-0.2, -0.15) is 0 Å². The topological polar surface area (TPSA) is 17.1 Å². The third-order valence-electron chi connectivity index (χ3n) is 2.73. The molecule has 0 aliphatic carbocycles. The van der Waals surface area contributed by atoms with Gasteiger partial charge in [-0.15, -0.1) is 0 Å². The summed E-state index contributed by atoms with van der Waals surface area (Å²) in [6.45, 7) is 0. The number of hydrogen-bond acceptors (Lipinski definition) is 1. The Labute approximate surface area is 121 Å². The fourth-order valence-electron chi connectivity index (χ4n) is 1.79. The SMILES string of the molecule is O=C(CCc1cc(F)cc(Cl)c1)c1ccc(Cl)cc1. The number of rotatable bonds is 4. The zero-order valence-electron chi connectivity index (χ0n) is 10.00. The first-order valence-electron chi connectivity index (χ1n) is 5.78. The highest BCUT2D eigenvalue weighted by molar-refractivity contribution is 6.31. The zero-order valence-corrected chi connectivity index (χ0v) is 11.5. The first-order chi connectivity index (χ1) is 9.04. The van der Waals surface area contributed by atoms with Gasteiger partial charge in [-0.3, -0.25) is 4.79 Å². The molecule has 0 unspecified atom stereocenters. The molecule has 0 amide bonds. The summed E-state index contributed by atoms with van der Waals surface area (Å²) in [5.41, 5.74) is 1.32. The number of carbonyl (C=O) groups excluding carboxylic acids is 1. The average Bonchev–Trinajstić information content (AvgIpc) is 2.36. The van der Waals surface area contributed by atoms with Crippen LogP contribution < -0.4 is 0 Å². The molecule has 0 atom stereocenters. The second-order valence-corrected chi connectivity index (χ2v) is 5.08. The third-order valence-corrected chi connectivity index (χ3v) is 3.20. The van der Waals surface area contributed by atoms with Gasteiger partial charge < -0.3 is 0 Å². The molecule has 0 aliphatic rings. The minimum absolute atomic E-state index is 0.00273. The van der Waals surface area contributed by atoms with Gasteiger partial charge >= 0.3 is 0 Å². The van der Waals surface area contributed by atoms with E-state index in [1.165, 1.54) is 12.1 Å². The molecule has 0 heterocycles. The van der Waals surface area contributed by atoms with Gasteiger partial charge in [0.05, 0.1) is 0 Å². The highest BCUT2D eigenvalue weighted by Gasteiger charge is 2.07. The molecule has 19 heavy (non-hydrogen) atoms. The number of aryl methyl sites for hydroxylation is 1.